The lowest BCUT2D eigenvalue weighted by Crippen LogP contribution is -2.48. The molecular formula is C18H22N2O6S. The Balaban J connectivity index is 1.62. The molecule has 1 aromatic carbocycles. The number of carbonyl (C=O) groups is 3. The maximum Gasteiger partial charge on any atom is 0.340 e. The highest BCUT2D eigenvalue weighted by Gasteiger charge is 2.39. The Hall–Kier alpha value is -2.42. The van der Waals surface area contributed by atoms with Gasteiger partial charge >= 0.3 is 5.97 Å². The van der Waals surface area contributed by atoms with E-state index >= 15 is 0 Å². The van der Waals surface area contributed by atoms with E-state index < -0.39 is 33.9 Å². The molecule has 2 saturated heterocycles. The van der Waals surface area contributed by atoms with Gasteiger partial charge < -0.3 is 15.0 Å². The Morgan fingerprint density at radius 3 is 2.67 bits per heavy atom. The molecule has 0 aliphatic carbocycles. The predicted molar refractivity (Wildman–Crippen MR) is 98.1 cm³/mol. The summed E-state index contributed by atoms with van der Waals surface area (Å²) in [6, 6.07) is 6.60. The normalized spacial score (nSPS) is 24.0. The summed E-state index contributed by atoms with van der Waals surface area (Å²) in [4.78, 5) is 38.0. The number of para-hydroxylation sites is 1. The molecule has 2 heterocycles. The van der Waals surface area contributed by atoms with E-state index in [0.29, 0.717) is 25.1 Å². The topological polar surface area (TPSA) is 110 Å². The zero-order valence-corrected chi connectivity index (χ0v) is 15.9. The van der Waals surface area contributed by atoms with E-state index in [1.807, 2.05) is 0 Å². The lowest BCUT2D eigenvalue weighted by atomic mass is 10.0. The summed E-state index contributed by atoms with van der Waals surface area (Å²) in [6.45, 7) is 1.68. The second-order valence-corrected chi connectivity index (χ2v) is 9.38. The molecule has 9 heteroatoms. The quantitative estimate of drug-likeness (QED) is 0.735. The first-order valence-electron chi connectivity index (χ1n) is 8.77. The molecule has 0 aromatic heterocycles. The van der Waals surface area contributed by atoms with Crippen molar-refractivity contribution in [1.29, 1.82) is 0 Å². The van der Waals surface area contributed by atoms with Gasteiger partial charge in [0.25, 0.3) is 5.91 Å². The molecule has 2 aliphatic heterocycles. The summed E-state index contributed by atoms with van der Waals surface area (Å²) in [6.07, 6.45) is 1.49. The molecule has 2 aliphatic rings. The van der Waals surface area contributed by atoms with Crippen LogP contribution in [0.1, 0.15) is 36.5 Å². The third-order valence-corrected chi connectivity index (χ3v) is 6.67. The minimum absolute atomic E-state index is 0.0286. The first-order valence-corrected chi connectivity index (χ1v) is 10.6. The van der Waals surface area contributed by atoms with Gasteiger partial charge in [0.05, 0.1) is 28.3 Å². The molecule has 8 nitrogen and oxygen atoms in total. The van der Waals surface area contributed by atoms with Crippen molar-refractivity contribution < 1.29 is 27.5 Å². The average molecular weight is 394 g/mol. The van der Waals surface area contributed by atoms with Crippen LogP contribution in [0.3, 0.4) is 0 Å². The Morgan fingerprint density at radius 2 is 2.04 bits per heavy atom. The standard InChI is InChI=1S/C18H22N2O6S/c1-18(8-10-27(24,25)12-18)19-15(21)11-26-17(23)13-5-2-3-6-14(13)20-9-4-7-16(20)22/h2-3,5-6H,4,7-12H2,1H3,(H,19,21)/t18-/m0/s1. The molecule has 3 rings (SSSR count). The summed E-state index contributed by atoms with van der Waals surface area (Å²) >= 11 is 0. The number of nitrogens with zero attached hydrogens (tertiary/aromatic N) is 1. The van der Waals surface area contributed by atoms with Gasteiger partial charge in [-0.25, -0.2) is 13.2 Å². The number of carbonyl (C=O) groups excluding carboxylic acids is 3. The average Bonchev–Trinajstić information content (AvgIpc) is 3.15. The molecule has 0 bridgehead atoms. The van der Waals surface area contributed by atoms with Crippen molar-refractivity contribution >= 4 is 33.3 Å². The van der Waals surface area contributed by atoms with Gasteiger partial charge in [0.2, 0.25) is 5.91 Å². The number of anilines is 1. The number of rotatable bonds is 5. The number of amides is 2. The summed E-state index contributed by atoms with van der Waals surface area (Å²) in [5.74, 6) is -1.41. The van der Waals surface area contributed by atoms with Crippen LogP contribution in [-0.2, 0) is 24.2 Å². The first-order chi connectivity index (χ1) is 12.7. The number of nitrogens with one attached hydrogen (secondary N) is 1. The van der Waals surface area contributed by atoms with Gasteiger partial charge in [0, 0.05) is 13.0 Å². The van der Waals surface area contributed by atoms with E-state index in [4.69, 9.17) is 4.74 Å². The van der Waals surface area contributed by atoms with E-state index in [9.17, 15) is 22.8 Å². The van der Waals surface area contributed by atoms with Crippen LogP contribution in [0.2, 0.25) is 0 Å². The Morgan fingerprint density at radius 1 is 1.30 bits per heavy atom. The van der Waals surface area contributed by atoms with Crippen LogP contribution in [0.5, 0.6) is 0 Å². The summed E-state index contributed by atoms with van der Waals surface area (Å²) in [7, 11) is -3.15. The van der Waals surface area contributed by atoms with Gasteiger partial charge in [-0.15, -0.1) is 0 Å². The molecule has 0 saturated carbocycles. The number of hydrogen-bond donors (Lipinski definition) is 1. The number of sulfone groups is 1. The SMILES string of the molecule is C[C@]1(NC(=O)COC(=O)c2ccccc2N2CCCC2=O)CCS(=O)(=O)C1. The third-order valence-electron chi connectivity index (χ3n) is 4.77. The lowest BCUT2D eigenvalue weighted by Gasteiger charge is -2.24. The molecule has 146 valence electrons. The summed E-state index contributed by atoms with van der Waals surface area (Å²) in [5.41, 5.74) is -0.156. The number of benzene rings is 1. The molecule has 1 aromatic rings. The monoisotopic (exact) mass is 394 g/mol. The van der Waals surface area contributed by atoms with E-state index in [1.165, 1.54) is 0 Å². The number of hydrogen-bond acceptors (Lipinski definition) is 6. The molecule has 0 unspecified atom stereocenters. The van der Waals surface area contributed by atoms with Crippen LogP contribution in [-0.4, -0.2) is 56.4 Å². The van der Waals surface area contributed by atoms with Crippen molar-refractivity contribution in [3.05, 3.63) is 29.8 Å². The number of esters is 1. The van der Waals surface area contributed by atoms with Gasteiger partial charge in [-0.3, -0.25) is 9.59 Å². The second-order valence-electron chi connectivity index (χ2n) is 7.19. The van der Waals surface area contributed by atoms with Crippen LogP contribution in [0.25, 0.3) is 0 Å². The Labute approximate surface area is 157 Å². The van der Waals surface area contributed by atoms with Gasteiger partial charge in [-0.05, 0) is 31.9 Å². The fourth-order valence-corrected chi connectivity index (χ4v) is 5.57. The van der Waals surface area contributed by atoms with Crippen molar-refractivity contribution in [1.82, 2.24) is 5.32 Å². The molecule has 1 N–H and O–H groups in total. The first kappa shape index (κ1) is 19.3. The van der Waals surface area contributed by atoms with Crippen LogP contribution >= 0.6 is 0 Å². The van der Waals surface area contributed by atoms with Crippen molar-refractivity contribution in [2.45, 2.75) is 31.7 Å². The van der Waals surface area contributed by atoms with Crippen molar-refractivity contribution in [2.75, 3.05) is 29.6 Å². The molecule has 0 spiro atoms. The molecular weight excluding hydrogens is 372 g/mol. The van der Waals surface area contributed by atoms with E-state index in [2.05, 4.69) is 5.32 Å². The maximum atomic E-state index is 12.4. The third kappa shape index (κ3) is 4.47. The van der Waals surface area contributed by atoms with Gasteiger partial charge in [0.15, 0.2) is 16.4 Å². The Kier molecular flexibility index (Phi) is 5.23. The van der Waals surface area contributed by atoms with Gasteiger partial charge in [0.1, 0.15) is 0 Å². The van der Waals surface area contributed by atoms with Crippen molar-refractivity contribution in [2.24, 2.45) is 0 Å². The largest absolute Gasteiger partial charge is 0.452 e. The number of ether oxygens (including phenoxy) is 1. The zero-order valence-electron chi connectivity index (χ0n) is 15.1. The highest BCUT2D eigenvalue weighted by Crippen LogP contribution is 2.26. The van der Waals surface area contributed by atoms with E-state index in [1.54, 1.807) is 36.1 Å². The van der Waals surface area contributed by atoms with Crippen molar-refractivity contribution in [3.8, 4) is 0 Å². The Bertz CT molecular complexity index is 882. The molecule has 2 amide bonds. The molecule has 1 atom stereocenters. The van der Waals surface area contributed by atoms with E-state index in [0.717, 1.165) is 6.42 Å². The maximum absolute atomic E-state index is 12.4. The minimum atomic E-state index is -3.15. The zero-order chi connectivity index (χ0) is 19.7. The van der Waals surface area contributed by atoms with Crippen molar-refractivity contribution in [3.63, 3.8) is 0 Å². The molecule has 0 radical (unpaired) electrons. The van der Waals surface area contributed by atoms with Crippen LogP contribution in [0.15, 0.2) is 24.3 Å². The summed E-state index contributed by atoms with van der Waals surface area (Å²) < 4.78 is 28.3. The van der Waals surface area contributed by atoms with E-state index in [-0.39, 0.29) is 23.0 Å². The predicted octanol–water partition coefficient (Wildman–Crippen LogP) is 0.664. The minimum Gasteiger partial charge on any atom is -0.452 e. The molecule has 27 heavy (non-hydrogen) atoms. The van der Waals surface area contributed by atoms with Gasteiger partial charge in [-0.1, -0.05) is 12.1 Å². The van der Waals surface area contributed by atoms with Crippen LogP contribution < -0.4 is 10.2 Å². The highest BCUT2D eigenvalue weighted by atomic mass is 32.2. The summed E-state index contributed by atoms with van der Waals surface area (Å²) in [5, 5.41) is 2.63. The fourth-order valence-electron chi connectivity index (χ4n) is 3.48. The smallest absolute Gasteiger partial charge is 0.340 e. The highest BCUT2D eigenvalue weighted by molar-refractivity contribution is 7.91. The van der Waals surface area contributed by atoms with Gasteiger partial charge in [-0.2, -0.15) is 0 Å². The second kappa shape index (κ2) is 7.30. The van der Waals surface area contributed by atoms with Crippen LogP contribution in [0, 0.1) is 0 Å². The van der Waals surface area contributed by atoms with Crippen LogP contribution in [0.4, 0.5) is 5.69 Å². The fraction of sp³-hybridized carbons (Fsp3) is 0.500. The molecule has 2 fully saturated rings. The lowest BCUT2D eigenvalue weighted by molar-refractivity contribution is -0.125.